The Bertz CT molecular complexity index is 688. The van der Waals surface area contributed by atoms with Gasteiger partial charge in [0, 0.05) is 11.4 Å². The molecule has 0 spiro atoms. The maximum Gasteiger partial charge on any atom is 0.234 e. The van der Waals surface area contributed by atoms with E-state index >= 15 is 0 Å². The highest BCUT2D eigenvalue weighted by Gasteiger charge is 2.15. The molecule has 1 aliphatic rings. The maximum absolute atomic E-state index is 12.2. The van der Waals surface area contributed by atoms with E-state index in [1.165, 1.54) is 0 Å². The van der Waals surface area contributed by atoms with Crippen molar-refractivity contribution < 1.29 is 14.3 Å². The molecule has 0 bridgehead atoms. The van der Waals surface area contributed by atoms with E-state index in [1.807, 2.05) is 54.6 Å². The van der Waals surface area contributed by atoms with Crippen LogP contribution in [-0.4, -0.2) is 37.6 Å². The van der Waals surface area contributed by atoms with Crippen LogP contribution in [0.2, 0.25) is 0 Å². The Morgan fingerprint density at radius 2 is 2.08 bits per heavy atom. The summed E-state index contributed by atoms with van der Waals surface area (Å²) in [5.74, 6) is 1.59. The number of carbonyl (C=O) groups excluding carboxylic acids is 1. The van der Waals surface area contributed by atoms with E-state index in [0.29, 0.717) is 26.3 Å². The average molecular weight is 346 g/mol. The second-order valence-electron chi connectivity index (χ2n) is 5.95. The molecular formula is C18H22N2O3S. The molecular weight excluding hydrogens is 324 g/mol. The molecule has 6 heteroatoms. The Kier molecular flexibility index (Phi) is 5.37. The second-order valence-corrected chi connectivity index (χ2v) is 6.93. The minimum Gasteiger partial charge on any atom is -0.486 e. The summed E-state index contributed by atoms with van der Waals surface area (Å²) in [6, 6.07) is 10.00. The number of thiophene rings is 1. The largest absolute Gasteiger partial charge is 0.486 e. The zero-order chi connectivity index (χ0) is 16.9. The van der Waals surface area contributed by atoms with Gasteiger partial charge in [-0.15, -0.1) is 11.3 Å². The van der Waals surface area contributed by atoms with Crippen LogP contribution in [0.15, 0.2) is 35.7 Å². The van der Waals surface area contributed by atoms with Crippen molar-refractivity contribution >= 4 is 17.2 Å². The van der Waals surface area contributed by atoms with Gasteiger partial charge in [0.1, 0.15) is 13.2 Å². The van der Waals surface area contributed by atoms with Crippen molar-refractivity contribution in [3.8, 4) is 11.5 Å². The van der Waals surface area contributed by atoms with Crippen molar-refractivity contribution in [2.75, 3.05) is 26.8 Å². The first kappa shape index (κ1) is 16.8. The van der Waals surface area contributed by atoms with E-state index in [2.05, 4.69) is 5.32 Å². The topological polar surface area (TPSA) is 50.8 Å². The Labute approximate surface area is 146 Å². The van der Waals surface area contributed by atoms with Gasteiger partial charge in [0.05, 0.1) is 12.6 Å². The van der Waals surface area contributed by atoms with Gasteiger partial charge in [0.25, 0.3) is 0 Å². The van der Waals surface area contributed by atoms with Gasteiger partial charge >= 0.3 is 0 Å². The number of hydrogen-bond donors (Lipinski definition) is 1. The first-order valence-corrected chi connectivity index (χ1v) is 8.89. The van der Waals surface area contributed by atoms with Gasteiger partial charge < -0.3 is 14.8 Å². The van der Waals surface area contributed by atoms with Crippen molar-refractivity contribution in [3.05, 3.63) is 46.2 Å². The predicted molar refractivity (Wildman–Crippen MR) is 94.6 cm³/mol. The molecule has 1 aromatic carbocycles. The molecule has 1 amide bonds. The molecule has 0 saturated carbocycles. The van der Waals surface area contributed by atoms with Crippen molar-refractivity contribution in [1.82, 2.24) is 10.2 Å². The van der Waals surface area contributed by atoms with Crippen molar-refractivity contribution in [3.63, 3.8) is 0 Å². The first-order chi connectivity index (χ1) is 11.6. The van der Waals surface area contributed by atoms with E-state index in [9.17, 15) is 4.79 Å². The van der Waals surface area contributed by atoms with Crippen LogP contribution in [0.1, 0.15) is 23.4 Å². The van der Waals surface area contributed by atoms with Crippen LogP contribution in [0, 0.1) is 0 Å². The molecule has 1 aliphatic heterocycles. The van der Waals surface area contributed by atoms with Crippen LogP contribution in [0.4, 0.5) is 0 Å². The van der Waals surface area contributed by atoms with E-state index in [4.69, 9.17) is 9.47 Å². The summed E-state index contributed by atoms with van der Waals surface area (Å²) >= 11 is 1.65. The third-order valence-corrected chi connectivity index (χ3v) is 4.88. The van der Waals surface area contributed by atoms with E-state index in [-0.39, 0.29) is 11.9 Å². The van der Waals surface area contributed by atoms with Crippen LogP contribution in [-0.2, 0) is 11.3 Å². The van der Waals surface area contributed by atoms with Crippen LogP contribution in [0.3, 0.4) is 0 Å². The lowest BCUT2D eigenvalue weighted by atomic mass is 10.2. The smallest absolute Gasteiger partial charge is 0.234 e. The SMILES string of the molecule is CC(NC(=O)CN(C)Cc1ccc2c(c1)OCCO2)c1cccs1. The van der Waals surface area contributed by atoms with Gasteiger partial charge in [-0.1, -0.05) is 12.1 Å². The number of likely N-dealkylation sites (N-methyl/N-ethyl adjacent to an activating group) is 1. The maximum atomic E-state index is 12.2. The molecule has 2 aromatic rings. The monoisotopic (exact) mass is 346 g/mol. The van der Waals surface area contributed by atoms with Gasteiger partial charge in [-0.2, -0.15) is 0 Å². The molecule has 0 fully saturated rings. The standard InChI is InChI=1S/C18H22N2O3S/c1-13(17-4-3-9-24-17)19-18(21)12-20(2)11-14-5-6-15-16(10-14)23-8-7-22-15/h3-6,9-10,13H,7-8,11-12H2,1-2H3,(H,19,21). The third kappa shape index (κ3) is 4.27. The van der Waals surface area contributed by atoms with Gasteiger partial charge in [-0.05, 0) is 43.1 Å². The zero-order valence-corrected chi connectivity index (χ0v) is 14.8. The zero-order valence-electron chi connectivity index (χ0n) is 14.0. The van der Waals surface area contributed by atoms with Crippen molar-refractivity contribution in [1.29, 1.82) is 0 Å². The normalized spacial score (nSPS) is 14.5. The van der Waals surface area contributed by atoms with E-state index < -0.39 is 0 Å². The Balaban J connectivity index is 1.51. The van der Waals surface area contributed by atoms with Gasteiger partial charge in [0.2, 0.25) is 5.91 Å². The van der Waals surface area contributed by atoms with E-state index in [0.717, 1.165) is 21.9 Å². The number of nitrogens with one attached hydrogen (secondary N) is 1. The number of rotatable bonds is 6. The molecule has 1 N–H and O–H groups in total. The fraction of sp³-hybridized carbons (Fsp3) is 0.389. The molecule has 2 heterocycles. The number of benzene rings is 1. The highest BCUT2D eigenvalue weighted by Crippen LogP contribution is 2.31. The summed E-state index contributed by atoms with van der Waals surface area (Å²) < 4.78 is 11.1. The van der Waals surface area contributed by atoms with Crippen molar-refractivity contribution in [2.45, 2.75) is 19.5 Å². The van der Waals surface area contributed by atoms with Gasteiger partial charge in [-0.25, -0.2) is 0 Å². The molecule has 0 radical (unpaired) electrons. The minimum atomic E-state index is 0.0240. The lowest BCUT2D eigenvalue weighted by Crippen LogP contribution is -2.36. The molecule has 3 rings (SSSR count). The highest BCUT2D eigenvalue weighted by atomic mass is 32.1. The van der Waals surface area contributed by atoms with Crippen LogP contribution < -0.4 is 14.8 Å². The summed E-state index contributed by atoms with van der Waals surface area (Å²) in [5, 5.41) is 5.05. The Morgan fingerprint density at radius 3 is 2.83 bits per heavy atom. The number of carbonyl (C=O) groups is 1. The quantitative estimate of drug-likeness (QED) is 0.874. The second kappa shape index (κ2) is 7.68. The van der Waals surface area contributed by atoms with Crippen LogP contribution in [0.5, 0.6) is 11.5 Å². The number of ether oxygens (including phenoxy) is 2. The lowest BCUT2D eigenvalue weighted by molar-refractivity contribution is -0.122. The van der Waals surface area contributed by atoms with Gasteiger partial charge in [0.15, 0.2) is 11.5 Å². The molecule has 0 saturated heterocycles. The number of nitrogens with zero attached hydrogens (tertiary/aromatic N) is 1. The molecule has 5 nitrogen and oxygen atoms in total. The highest BCUT2D eigenvalue weighted by molar-refractivity contribution is 7.10. The molecule has 1 unspecified atom stereocenters. The average Bonchev–Trinajstić information content (AvgIpc) is 3.09. The summed E-state index contributed by atoms with van der Waals surface area (Å²) in [4.78, 5) is 15.3. The lowest BCUT2D eigenvalue weighted by Gasteiger charge is -2.21. The number of amides is 1. The molecule has 24 heavy (non-hydrogen) atoms. The fourth-order valence-corrected chi connectivity index (χ4v) is 3.43. The number of fused-ring (bicyclic) bond motifs is 1. The molecule has 1 aromatic heterocycles. The third-order valence-electron chi connectivity index (χ3n) is 3.82. The molecule has 128 valence electrons. The van der Waals surface area contributed by atoms with E-state index in [1.54, 1.807) is 11.3 Å². The summed E-state index contributed by atoms with van der Waals surface area (Å²) in [6.07, 6.45) is 0. The first-order valence-electron chi connectivity index (χ1n) is 8.01. The number of hydrogen-bond acceptors (Lipinski definition) is 5. The summed E-state index contributed by atoms with van der Waals surface area (Å²) in [7, 11) is 1.94. The summed E-state index contributed by atoms with van der Waals surface area (Å²) in [6.45, 7) is 4.20. The van der Waals surface area contributed by atoms with Gasteiger partial charge in [-0.3, -0.25) is 9.69 Å². The molecule has 0 aliphatic carbocycles. The fourth-order valence-electron chi connectivity index (χ4n) is 2.69. The van der Waals surface area contributed by atoms with Crippen molar-refractivity contribution in [2.24, 2.45) is 0 Å². The van der Waals surface area contributed by atoms with Crippen LogP contribution in [0.25, 0.3) is 0 Å². The Morgan fingerprint density at radius 1 is 1.29 bits per heavy atom. The molecule has 1 atom stereocenters. The summed E-state index contributed by atoms with van der Waals surface area (Å²) in [5.41, 5.74) is 1.10. The minimum absolute atomic E-state index is 0.0240. The predicted octanol–water partition coefficient (Wildman–Crippen LogP) is 2.83. The Hall–Kier alpha value is -2.05. The van der Waals surface area contributed by atoms with Crippen LogP contribution >= 0.6 is 11.3 Å².